The van der Waals surface area contributed by atoms with Crippen LogP contribution in [0, 0.1) is 0 Å². The highest BCUT2D eigenvalue weighted by molar-refractivity contribution is 7.89. The van der Waals surface area contributed by atoms with Crippen LogP contribution in [0.25, 0.3) is 0 Å². The van der Waals surface area contributed by atoms with Crippen LogP contribution in [-0.2, 0) is 22.7 Å². The molecular weight excluding hydrogens is 339 g/mol. The molecule has 2 aromatic carbocycles. The second-order valence-electron chi connectivity index (χ2n) is 4.45. The molecule has 0 saturated heterocycles. The van der Waals surface area contributed by atoms with Gasteiger partial charge in [0.1, 0.15) is 4.90 Å². The molecule has 0 spiro atoms. The molecule has 0 aliphatic heterocycles. The van der Waals surface area contributed by atoms with Crippen molar-refractivity contribution in [3.8, 4) is 0 Å². The van der Waals surface area contributed by atoms with E-state index in [1.807, 2.05) is 0 Å². The summed E-state index contributed by atoms with van der Waals surface area (Å²) in [6, 6.07) is 10.3. The molecule has 0 radical (unpaired) electrons. The number of alkyl halides is 3. The van der Waals surface area contributed by atoms with E-state index in [1.165, 1.54) is 30.3 Å². The Morgan fingerprint density at radius 1 is 1.05 bits per heavy atom. The summed E-state index contributed by atoms with van der Waals surface area (Å²) in [5.74, 6) is 0. The fourth-order valence-electron chi connectivity index (χ4n) is 1.78. The van der Waals surface area contributed by atoms with Crippen molar-refractivity contribution in [2.45, 2.75) is 17.6 Å². The molecule has 0 heterocycles. The van der Waals surface area contributed by atoms with Gasteiger partial charge in [-0.1, -0.05) is 41.9 Å². The normalized spacial score (nSPS) is 12.4. The Bertz CT molecular complexity index is 776. The first-order chi connectivity index (χ1) is 10.2. The molecule has 8 heteroatoms. The van der Waals surface area contributed by atoms with Gasteiger partial charge in [0.25, 0.3) is 0 Å². The minimum absolute atomic E-state index is 0.0408. The average molecular weight is 350 g/mol. The topological polar surface area (TPSA) is 46.2 Å². The molecule has 0 bridgehead atoms. The maximum Gasteiger partial charge on any atom is 0.416 e. The molecule has 2 aromatic rings. The van der Waals surface area contributed by atoms with Gasteiger partial charge < -0.3 is 0 Å². The van der Waals surface area contributed by atoms with E-state index in [0.717, 1.165) is 12.1 Å². The number of hydrogen-bond acceptors (Lipinski definition) is 2. The second kappa shape index (κ2) is 6.28. The van der Waals surface area contributed by atoms with E-state index < -0.39 is 21.8 Å². The quantitative estimate of drug-likeness (QED) is 0.911. The van der Waals surface area contributed by atoms with Crippen molar-refractivity contribution in [1.82, 2.24) is 4.72 Å². The lowest BCUT2D eigenvalue weighted by Gasteiger charge is -2.10. The Kier molecular flexibility index (Phi) is 4.79. The molecular formula is C14H11ClF3NO2S. The third-order valence-corrected chi connectivity index (χ3v) is 4.75. The summed E-state index contributed by atoms with van der Waals surface area (Å²) in [6.07, 6.45) is -4.47. The Morgan fingerprint density at radius 2 is 1.73 bits per heavy atom. The van der Waals surface area contributed by atoms with Crippen LogP contribution in [-0.4, -0.2) is 8.42 Å². The summed E-state index contributed by atoms with van der Waals surface area (Å²) in [7, 11) is -3.90. The fraction of sp³-hybridized carbons (Fsp3) is 0.143. The van der Waals surface area contributed by atoms with E-state index >= 15 is 0 Å². The predicted octanol–water partition coefficient (Wildman–Crippen LogP) is 3.84. The first-order valence-electron chi connectivity index (χ1n) is 6.10. The Hall–Kier alpha value is -1.57. The molecule has 0 atom stereocenters. The first-order valence-corrected chi connectivity index (χ1v) is 7.96. The number of rotatable bonds is 4. The van der Waals surface area contributed by atoms with E-state index in [4.69, 9.17) is 11.6 Å². The van der Waals surface area contributed by atoms with Crippen molar-refractivity contribution in [3.05, 3.63) is 64.7 Å². The second-order valence-corrected chi connectivity index (χ2v) is 6.60. The van der Waals surface area contributed by atoms with Gasteiger partial charge in [-0.2, -0.15) is 13.2 Å². The van der Waals surface area contributed by atoms with Crippen molar-refractivity contribution < 1.29 is 21.6 Å². The summed E-state index contributed by atoms with van der Waals surface area (Å²) in [5, 5.41) is 0.0408. The van der Waals surface area contributed by atoms with Crippen LogP contribution in [0.1, 0.15) is 11.1 Å². The summed E-state index contributed by atoms with van der Waals surface area (Å²) >= 11 is 5.81. The minimum atomic E-state index is -4.47. The number of hydrogen-bond donors (Lipinski definition) is 1. The van der Waals surface area contributed by atoms with Crippen LogP contribution in [0.5, 0.6) is 0 Å². The molecule has 0 aromatic heterocycles. The molecule has 0 amide bonds. The zero-order valence-electron chi connectivity index (χ0n) is 11.1. The first kappa shape index (κ1) is 16.8. The molecule has 0 unspecified atom stereocenters. The number of nitrogens with one attached hydrogen (secondary N) is 1. The van der Waals surface area contributed by atoms with Crippen molar-refractivity contribution in [2.24, 2.45) is 0 Å². The number of benzene rings is 2. The third-order valence-electron chi connectivity index (χ3n) is 2.85. The van der Waals surface area contributed by atoms with Crippen molar-refractivity contribution in [1.29, 1.82) is 0 Å². The van der Waals surface area contributed by atoms with Gasteiger partial charge in [0.05, 0.1) is 10.6 Å². The number of halogens is 4. The molecule has 0 saturated carbocycles. The monoisotopic (exact) mass is 349 g/mol. The van der Waals surface area contributed by atoms with E-state index in [0.29, 0.717) is 0 Å². The molecule has 0 aliphatic carbocycles. The van der Waals surface area contributed by atoms with Gasteiger partial charge in [-0.25, -0.2) is 13.1 Å². The highest BCUT2D eigenvalue weighted by Gasteiger charge is 2.30. The van der Waals surface area contributed by atoms with Crippen LogP contribution in [0.4, 0.5) is 13.2 Å². The van der Waals surface area contributed by atoms with Gasteiger partial charge >= 0.3 is 6.18 Å². The van der Waals surface area contributed by atoms with Crippen LogP contribution in [0.3, 0.4) is 0 Å². The third kappa shape index (κ3) is 4.00. The van der Waals surface area contributed by atoms with Crippen LogP contribution in [0.2, 0.25) is 5.02 Å². The summed E-state index contributed by atoms with van der Waals surface area (Å²) in [4.78, 5) is -0.122. The standard InChI is InChI=1S/C14H11ClF3NO2S/c15-12-6-1-2-7-13(12)22(20,21)19-9-10-4-3-5-11(8-10)14(16,17)18/h1-8,19H,9H2. The predicted molar refractivity (Wildman–Crippen MR) is 76.9 cm³/mol. The average Bonchev–Trinajstić information content (AvgIpc) is 2.45. The van der Waals surface area contributed by atoms with E-state index in [-0.39, 0.29) is 22.0 Å². The van der Waals surface area contributed by atoms with E-state index in [2.05, 4.69) is 4.72 Å². The Morgan fingerprint density at radius 3 is 2.36 bits per heavy atom. The maximum atomic E-state index is 12.6. The molecule has 118 valence electrons. The minimum Gasteiger partial charge on any atom is -0.207 e. The molecule has 2 rings (SSSR count). The Labute approximate surface area is 130 Å². The Balaban J connectivity index is 2.18. The van der Waals surface area contributed by atoms with Gasteiger partial charge in [0.15, 0.2) is 0 Å². The largest absolute Gasteiger partial charge is 0.416 e. The molecule has 22 heavy (non-hydrogen) atoms. The highest BCUT2D eigenvalue weighted by atomic mass is 35.5. The van der Waals surface area contributed by atoms with Gasteiger partial charge in [-0.05, 0) is 23.8 Å². The SMILES string of the molecule is O=S(=O)(NCc1cccc(C(F)(F)F)c1)c1ccccc1Cl. The fourth-order valence-corrected chi connectivity index (χ4v) is 3.31. The zero-order valence-corrected chi connectivity index (χ0v) is 12.6. The van der Waals surface area contributed by atoms with Crippen LogP contribution < -0.4 is 4.72 Å². The molecule has 0 aliphatic rings. The maximum absolute atomic E-state index is 12.6. The van der Waals surface area contributed by atoms with Gasteiger partial charge in [0, 0.05) is 6.54 Å². The van der Waals surface area contributed by atoms with E-state index in [1.54, 1.807) is 6.07 Å². The lowest BCUT2D eigenvalue weighted by molar-refractivity contribution is -0.137. The number of sulfonamides is 1. The van der Waals surface area contributed by atoms with Gasteiger partial charge in [0.2, 0.25) is 10.0 Å². The molecule has 3 nitrogen and oxygen atoms in total. The summed E-state index contributed by atoms with van der Waals surface area (Å²) in [6.45, 7) is -0.266. The molecule has 0 fully saturated rings. The van der Waals surface area contributed by atoms with Crippen molar-refractivity contribution in [3.63, 3.8) is 0 Å². The van der Waals surface area contributed by atoms with Crippen molar-refractivity contribution >= 4 is 21.6 Å². The van der Waals surface area contributed by atoms with Crippen LogP contribution in [0.15, 0.2) is 53.4 Å². The van der Waals surface area contributed by atoms with Gasteiger partial charge in [-0.3, -0.25) is 0 Å². The van der Waals surface area contributed by atoms with Gasteiger partial charge in [-0.15, -0.1) is 0 Å². The molecule has 1 N–H and O–H groups in total. The summed E-state index contributed by atoms with van der Waals surface area (Å²) < 4.78 is 64.2. The zero-order chi connectivity index (χ0) is 16.4. The van der Waals surface area contributed by atoms with E-state index in [9.17, 15) is 21.6 Å². The smallest absolute Gasteiger partial charge is 0.207 e. The highest BCUT2D eigenvalue weighted by Crippen LogP contribution is 2.29. The lowest BCUT2D eigenvalue weighted by atomic mass is 10.1. The summed E-state index contributed by atoms with van der Waals surface area (Å²) in [5.41, 5.74) is -0.632. The van der Waals surface area contributed by atoms with Crippen molar-refractivity contribution in [2.75, 3.05) is 0 Å². The van der Waals surface area contributed by atoms with Crippen LogP contribution >= 0.6 is 11.6 Å². The lowest BCUT2D eigenvalue weighted by Crippen LogP contribution is -2.23.